The zero-order valence-electron chi connectivity index (χ0n) is 11.2. The van der Waals surface area contributed by atoms with Crippen LogP contribution >= 0.6 is 0 Å². The van der Waals surface area contributed by atoms with Crippen molar-refractivity contribution in [3.63, 3.8) is 0 Å². The molecule has 0 bridgehead atoms. The lowest BCUT2D eigenvalue weighted by molar-refractivity contribution is -0.149. The number of hydrogen-bond acceptors (Lipinski definition) is 2. The minimum absolute atomic E-state index is 0.422. The van der Waals surface area contributed by atoms with E-state index in [9.17, 15) is 4.79 Å². The molecule has 0 spiro atoms. The van der Waals surface area contributed by atoms with Gasteiger partial charge in [-0.15, -0.1) is 0 Å². The predicted molar refractivity (Wildman–Crippen MR) is 71.8 cm³/mol. The molecule has 18 heavy (non-hydrogen) atoms. The number of aliphatic carboxylic acids is 1. The summed E-state index contributed by atoms with van der Waals surface area (Å²) in [5.74, 6) is -0.896. The molecule has 1 aromatic rings. The van der Waals surface area contributed by atoms with Crippen LogP contribution in [0.25, 0.3) is 0 Å². The van der Waals surface area contributed by atoms with E-state index in [1.54, 1.807) is 0 Å². The van der Waals surface area contributed by atoms with E-state index in [1.807, 2.05) is 19.1 Å². The van der Waals surface area contributed by atoms with Gasteiger partial charge in [0.25, 0.3) is 0 Å². The van der Waals surface area contributed by atoms with Gasteiger partial charge in [0, 0.05) is 13.0 Å². The van der Waals surface area contributed by atoms with Crippen LogP contribution < -0.4 is 0 Å². The van der Waals surface area contributed by atoms with Crippen LogP contribution in [0, 0.1) is 0 Å². The first-order valence-corrected chi connectivity index (χ1v) is 6.59. The van der Waals surface area contributed by atoms with Crippen molar-refractivity contribution < 1.29 is 14.6 Å². The number of aryl methyl sites for hydroxylation is 1. The van der Waals surface area contributed by atoms with E-state index in [-0.39, 0.29) is 0 Å². The van der Waals surface area contributed by atoms with Gasteiger partial charge in [-0.25, -0.2) is 4.79 Å². The summed E-state index contributed by atoms with van der Waals surface area (Å²) in [6.07, 6.45) is 3.15. The van der Waals surface area contributed by atoms with E-state index in [0.29, 0.717) is 13.0 Å². The molecule has 0 saturated carbocycles. The van der Waals surface area contributed by atoms with Crippen molar-refractivity contribution in [3.8, 4) is 0 Å². The van der Waals surface area contributed by atoms with E-state index in [0.717, 1.165) is 12.0 Å². The number of benzene rings is 1. The smallest absolute Gasteiger partial charge is 0.333 e. The second-order valence-corrected chi connectivity index (χ2v) is 4.41. The molecule has 0 aliphatic carbocycles. The van der Waals surface area contributed by atoms with Crippen LogP contribution in [0.15, 0.2) is 24.3 Å². The molecule has 0 fully saturated rings. The van der Waals surface area contributed by atoms with Gasteiger partial charge in [0.15, 0.2) is 6.10 Å². The molecule has 1 N–H and O–H groups in total. The highest BCUT2D eigenvalue weighted by atomic mass is 16.5. The Kier molecular flexibility index (Phi) is 6.44. The fourth-order valence-electron chi connectivity index (χ4n) is 1.86. The topological polar surface area (TPSA) is 46.5 Å². The van der Waals surface area contributed by atoms with Crippen molar-refractivity contribution in [1.29, 1.82) is 0 Å². The Balaban J connectivity index is 2.58. The monoisotopic (exact) mass is 250 g/mol. The van der Waals surface area contributed by atoms with Gasteiger partial charge in [-0.3, -0.25) is 0 Å². The molecule has 1 aromatic carbocycles. The summed E-state index contributed by atoms with van der Waals surface area (Å²) in [6, 6.07) is 8.16. The summed E-state index contributed by atoms with van der Waals surface area (Å²) >= 11 is 0. The third kappa shape index (κ3) is 4.88. The van der Waals surface area contributed by atoms with Crippen LogP contribution in [0.4, 0.5) is 0 Å². The lowest BCUT2D eigenvalue weighted by Crippen LogP contribution is -2.26. The number of rotatable bonds is 8. The summed E-state index contributed by atoms with van der Waals surface area (Å²) in [7, 11) is 0. The lowest BCUT2D eigenvalue weighted by Gasteiger charge is -2.12. The maximum Gasteiger partial charge on any atom is 0.333 e. The van der Waals surface area contributed by atoms with E-state index in [4.69, 9.17) is 9.84 Å². The first kappa shape index (κ1) is 14.7. The summed E-state index contributed by atoms with van der Waals surface area (Å²) in [6.45, 7) is 4.41. The van der Waals surface area contributed by atoms with E-state index in [1.165, 1.54) is 18.4 Å². The fraction of sp³-hybridized carbons (Fsp3) is 0.533. The zero-order valence-corrected chi connectivity index (χ0v) is 11.2. The van der Waals surface area contributed by atoms with Crippen molar-refractivity contribution >= 4 is 5.97 Å². The first-order valence-electron chi connectivity index (χ1n) is 6.59. The summed E-state index contributed by atoms with van der Waals surface area (Å²) in [4.78, 5) is 11.0. The first-order chi connectivity index (χ1) is 8.67. The summed E-state index contributed by atoms with van der Waals surface area (Å²) in [5, 5.41) is 9.01. The molecule has 0 aliphatic heterocycles. The third-order valence-electron chi connectivity index (χ3n) is 2.91. The molecule has 0 aromatic heterocycles. The second-order valence-electron chi connectivity index (χ2n) is 4.41. The number of carboxylic acid groups (broad SMARTS) is 1. The molecule has 0 aliphatic rings. The van der Waals surface area contributed by atoms with Crippen LogP contribution in [0.2, 0.25) is 0 Å². The Morgan fingerprint density at radius 3 is 2.33 bits per heavy atom. The number of carbonyl (C=O) groups is 1. The van der Waals surface area contributed by atoms with Crippen molar-refractivity contribution in [2.24, 2.45) is 0 Å². The van der Waals surface area contributed by atoms with Gasteiger partial charge in [-0.05, 0) is 30.9 Å². The van der Waals surface area contributed by atoms with Gasteiger partial charge in [0.05, 0.1) is 0 Å². The predicted octanol–water partition coefficient (Wildman–Crippen LogP) is 3.06. The second kappa shape index (κ2) is 7.88. The molecule has 3 nitrogen and oxygen atoms in total. The van der Waals surface area contributed by atoms with E-state index < -0.39 is 12.1 Å². The molecule has 1 rings (SSSR count). The number of hydrogen-bond donors (Lipinski definition) is 1. The van der Waals surface area contributed by atoms with Gasteiger partial charge < -0.3 is 9.84 Å². The molecule has 0 saturated heterocycles. The zero-order chi connectivity index (χ0) is 13.4. The average Bonchev–Trinajstić information content (AvgIpc) is 2.37. The minimum Gasteiger partial charge on any atom is -0.479 e. The number of carboxylic acids is 1. The summed E-state index contributed by atoms with van der Waals surface area (Å²) < 4.78 is 5.20. The number of ether oxygens (including phenoxy) is 1. The molecule has 1 atom stereocenters. The fourth-order valence-corrected chi connectivity index (χ4v) is 1.86. The normalized spacial score (nSPS) is 12.3. The molecule has 0 amide bonds. The third-order valence-corrected chi connectivity index (χ3v) is 2.91. The van der Waals surface area contributed by atoms with Crippen molar-refractivity contribution in [2.45, 2.75) is 45.6 Å². The Morgan fingerprint density at radius 2 is 1.83 bits per heavy atom. The van der Waals surface area contributed by atoms with Crippen LogP contribution in [0.1, 0.15) is 37.8 Å². The molecule has 100 valence electrons. The molecular weight excluding hydrogens is 228 g/mol. The van der Waals surface area contributed by atoms with E-state index >= 15 is 0 Å². The highest BCUT2D eigenvalue weighted by molar-refractivity contribution is 5.72. The van der Waals surface area contributed by atoms with Gasteiger partial charge >= 0.3 is 5.97 Å². The molecule has 0 radical (unpaired) electrons. The maximum absolute atomic E-state index is 11.0. The van der Waals surface area contributed by atoms with Crippen LogP contribution in [0.5, 0.6) is 0 Å². The summed E-state index contributed by atoms with van der Waals surface area (Å²) in [5.41, 5.74) is 2.32. The Labute approximate surface area is 109 Å². The maximum atomic E-state index is 11.0. The molecule has 3 heteroatoms. The molecule has 0 heterocycles. The largest absolute Gasteiger partial charge is 0.479 e. The Bertz CT molecular complexity index is 357. The van der Waals surface area contributed by atoms with Gasteiger partial charge in [-0.1, -0.05) is 37.6 Å². The highest BCUT2D eigenvalue weighted by Crippen LogP contribution is 2.11. The van der Waals surface area contributed by atoms with Crippen molar-refractivity contribution in [3.05, 3.63) is 35.4 Å². The number of unbranched alkanes of at least 4 members (excludes halogenated alkanes) is 1. The van der Waals surface area contributed by atoms with Gasteiger partial charge in [0.2, 0.25) is 0 Å². The van der Waals surface area contributed by atoms with Crippen LogP contribution in [-0.4, -0.2) is 23.8 Å². The van der Waals surface area contributed by atoms with Crippen LogP contribution in [-0.2, 0) is 22.4 Å². The van der Waals surface area contributed by atoms with Gasteiger partial charge in [-0.2, -0.15) is 0 Å². The van der Waals surface area contributed by atoms with Crippen molar-refractivity contribution in [1.82, 2.24) is 0 Å². The van der Waals surface area contributed by atoms with Crippen molar-refractivity contribution in [2.75, 3.05) is 6.61 Å². The SMILES string of the molecule is CCCCc1ccc(C[C@@H](OCC)C(=O)O)cc1. The average molecular weight is 250 g/mol. The molecule has 0 unspecified atom stereocenters. The molecular formula is C15H22O3. The quantitative estimate of drug-likeness (QED) is 0.771. The van der Waals surface area contributed by atoms with E-state index in [2.05, 4.69) is 19.1 Å². The van der Waals surface area contributed by atoms with Crippen LogP contribution in [0.3, 0.4) is 0 Å². The minimum atomic E-state index is -0.896. The lowest BCUT2D eigenvalue weighted by atomic mass is 10.0. The highest BCUT2D eigenvalue weighted by Gasteiger charge is 2.17. The Morgan fingerprint density at radius 1 is 1.22 bits per heavy atom. The standard InChI is InChI=1S/C15H22O3/c1-3-5-6-12-7-9-13(10-8-12)11-14(15(16)17)18-4-2/h7-10,14H,3-6,11H2,1-2H3,(H,16,17)/t14-/m1/s1. The Hall–Kier alpha value is -1.35. The van der Waals surface area contributed by atoms with Gasteiger partial charge in [0.1, 0.15) is 0 Å².